The van der Waals surface area contributed by atoms with Gasteiger partial charge in [-0.05, 0) is 30.0 Å². The van der Waals surface area contributed by atoms with E-state index >= 15 is 0 Å². The third-order valence-electron chi connectivity index (χ3n) is 3.43. The average Bonchev–Trinajstić information content (AvgIpc) is 2.50. The summed E-state index contributed by atoms with van der Waals surface area (Å²) >= 11 is 0. The van der Waals surface area contributed by atoms with E-state index < -0.39 is 5.97 Å². The van der Waals surface area contributed by atoms with Crippen molar-refractivity contribution in [3.05, 3.63) is 35.4 Å². The van der Waals surface area contributed by atoms with E-state index in [9.17, 15) is 14.4 Å². The van der Waals surface area contributed by atoms with Crippen molar-refractivity contribution >= 4 is 17.8 Å². The number of aromatic carboxylic acids is 1. The first kappa shape index (κ1) is 18.7. The van der Waals surface area contributed by atoms with Gasteiger partial charge < -0.3 is 15.3 Å². The van der Waals surface area contributed by atoms with E-state index in [1.54, 1.807) is 19.2 Å². The molecule has 1 aromatic carbocycles. The van der Waals surface area contributed by atoms with Crippen molar-refractivity contribution in [3.63, 3.8) is 0 Å². The molecule has 0 fully saturated rings. The van der Waals surface area contributed by atoms with E-state index in [1.165, 1.54) is 17.0 Å². The minimum Gasteiger partial charge on any atom is -0.478 e. The van der Waals surface area contributed by atoms with Crippen LogP contribution in [0.5, 0.6) is 0 Å². The first-order valence-electron chi connectivity index (χ1n) is 7.62. The van der Waals surface area contributed by atoms with Crippen LogP contribution < -0.4 is 5.32 Å². The average molecular weight is 320 g/mol. The lowest BCUT2D eigenvalue weighted by Gasteiger charge is -2.18. The summed E-state index contributed by atoms with van der Waals surface area (Å²) in [5.74, 6) is -0.838. The Kier molecular flexibility index (Phi) is 7.25. The number of carboxylic acid groups (broad SMARTS) is 1. The lowest BCUT2D eigenvalue weighted by molar-refractivity contribution is -0.132. The van der Waals surface area contributed by atoms with Crippen molar-refractivity contribution in [3.8, 4) is 0 Å². The van der Waals surface area contributed by atoms with Gasteiger partial charge in [-0.25, -0.2) is 4.79 Å². The predicted molar refractivity (Wildman–Crippen MR) is 87.0 cm³/mol. The Morgan fingerprint density at radius 1 is 1.17 bits per heavy atom. The summed E-state index contributed by atoms with van der Waals surface area (Å²) in [4.78, 5) is 35.9. The molecular weight excluding hydrogens is 296 g/mol. The number of hydrogen-bond acceptors (Lipinski definition) is 3. The van der Waals surface area contributed by atoms with Crippen molar-refractivity contribution in [1.29, 1.82) is 0 Å². The molecule has 1 aromatic rings. The van der Waals surface area contributed by atoms with Crippen molar-refractivity contribution in [2.45, 2.75) is 33.2 Å². The summed E-state index contributed by atoms with van der Waals surface area (Å²) in [6.07, 6.45) is 1.22. The normalized spacial score (nSPS) is 10.4. The van der Waals surface area contributed by atoms with E-state index in [1.807, 2.05) is 13.8 Å². The van der Waals surface area contributed by atoms with Gasteiger partial charge in [-0.1, -0.05) is 26.0 Å². The van der Waals surface area contributed by atoms with Gasteiger partial charge in [0, 0.05) is 20.0 Å². The lowest BCUT2D eigenvalue weighted by Crippen LogP contribution is -2.37. The summed E-state index contributed by atoms with van der Waals surface area (Å²) in [5, 5.41) is 11.5. The van der Waals surface area contributed by atoms with E-state index in [0.717, 1.165) is 12.0 Å². The fourth-order valence-corrected chi connectivity index (χ4v) is 1.93. The number of benzene rings is 1. The SMILES string of the molecule is CC(C)CCC(=O)NCC(=O)N(C)Cc1ccc(C(=O)O)cc1. The smallest absolute Gasteiger partial charge is 0.335 e. The van der Waals surface area contributed by atoms with Gasteiger partial charge in [0.2, 0.25) is 11.8 Å². The maximum Gasteiger partial charge on any atom is 0.335 e. The Morgan fingerprint density at radius 3 is 2.30 bits per heavy atom. The van der Waals surface area contributed by atoms with Crippen molar-refractivity contribution in [1.82, 2.24) is 10.2 Å². The number of likely N-dealkylation sites (N-methyl/N-ethyl adjacent to an activating group) is 1. The Morgan fingerprint density at radius 2 is 1.78 bits per heavy atom. The van der Waals surface area contributed by atoms with Gasteiger partial charge in [0.15, 0.2) is 0 Å². The summed E-state index contributed by atoms with van der Waals surface area (Å²) < 4.78 is 0. The third-order valence-corrected chi connectivity index (χ3v) is 3.43. The zero-order valence-electron chi connectivity index (χ0n) is 13.8. The standard InChI is InChI=1S/C17H24N2O4/c1-12(2)4-9-15(20)18-10-16(21)19(3)11-13-5-7-14(8-6-13)17(22)23/h5-8,12H,4,9-11H2,1-3H3,(H,18,20)(H,22,23). The van der Waals surface area contributed by atoms with Crippen LogP contribution in [0.15, 0.2) is 24.3 Å². The van der Waals surface area contributed by atoms with Gasteiger partial charge in [-0.2, -0.15) is 0 Å². The highest BCUT2D eigenvalue weighted by atomic mass is 16.4. The van der Waals surface area contributed by atoms with Gasteiger partial charge >= 0.3 is 5.97 Å². The molecule has 0 spiro atoms. The molecule has 0 heterocycles. The zero-order chi connectivity index (χ0) is 17.4. The van der Waals surface area contributed by atoms with Gasteiger partial charge in [0.1, 0.15) is 0 Å². The van der Waals surface area contributed by atoms with Crippen LogP contribution in [0.4, 0.5) is 0 Å². The van der Waals surface area contributed by atoms with Gasteiger partial charge in [0.25, 0.3) is 0 Å². The quantitative estimate of drug-likeness (QED) is 0.766. The van der Waals surface area contributed by atoms with Crippen LogP contribution in [0, 0.1) is 5.92 Å². The van der Waals surface area contributed by atoms with Gasteiger partial charge in [0.05, 0.1) is 12.1 Å². The molecule has 0 saturated carbocycles. The van der Waals surface area contributed by atoms with Crippen LogP contribution in [0.25, 0.3) is 0 Å². The van der Waals surface area contributed by atoms with Crippen LogP contribution >= 0.6 is 0 Å². The fourth-order valence-electron chi connectivity index (χ4n) is 1.93. The topological polar surface area (TPSA) is 86.7 Å². The fraction of sp³-hybridized carbons (Fsp3) is 0.471. The Labute approximate surface area is 136 Å². The molecule has 0 aliphatic heterocycles. The molecule has 0 radical (unpaired) electrons. The van der Waals surface area contributed by atoms with Crippen molar-refractivity contribution in [2.75, 3.05) is 13.6 Å². The van der Waals surface area contributed by atoms with Gasteiger partial charge in [-0.15, -0.1) is 0 Å². The highest BCUT2D eigenvalue weighted by Crippen LogP contribution is 2.07. The summed E-state index contributed by atoms with van der Waals surface area (Å²) in [6, 6.07) is 6.36. The second kappa shape index (κ2) is 8.92. The van der Waals surface area contributed by atoms with Crippen LogP contribution in [-0.4, -0.2) is 41.4 Å². The Bertz CT molecular complexity index is 552. The number of nitrogens with zero attached hydrogens (tertiary/aromatic N) is 1. The van der Waals surface area contributed by atoms with Crippen LogP contribution in [0.3, 0.4) is 0 Å². The maximum absolute atomic E-state index is 12.0. The van der Waals surface area contributed by atoms with Crippen LogP contribution in [-0.2, 0) is 16.1 Å². The second-order valence-corrected chi connectivity index (χ2v) is 5.96. The molecule has 0 bridgehead atoms. The zero-order valence-corrected chi connectivity index (χ0v) is 13.8. The molecule has 2 N–H and O–H groups in total. The molecule has 0 aliphatic rings. The monoisotopic (exact) mass is 320 g/mol. The minimum absolute atomic E-state index is 0.0271. The number of carbonyl (C=O) groups excluding carboxylic acids is 2. The molecular formula is C17H24N2O4. The first-order valence-corrected chi connectivity index (χ1v) is 7.62. The minimum atomic E-state index is -0.981. The van der Waals surface area contributed by atoms with Crippen LogP contribution in [0.1, 0.15) is 42.6 Å². The molecule has 0 saturated heterocycles. The molecule has 126 valence electrons. The number of rotatable bonds is 8. The molecule has 6 nitrogen and oxygen atoms in total. The van der Waals surface area contributed by atoms with Crippen LogP contribution in [0.2, 0.25) is 0 Å². The van der Waals surface area contributed by atoms with Gasteiger partial charge in [-0.3, -0.25) is 9.59 Å². The molecule has 0 atom stereocenters. The second-order valence-electron chi connectivity index (χ2n) is 5.96. The highest BCUT2D eigenvalue weighted by molar-refractivity contribution is 5.87. The third kappa shape index (κ3) is 6.95. The number of carboxylic acids is 1. The summed E-state index contributed by atoms with van der Waals surface area (Å²) in [7, 11) is 1.65. The van der Waals surface area contributed by atoms with E-state index in [-0.39, 0.29) is 23.9 Å². The molecule has 0 aliphatic carbocycles. The van der Waals surface area contributed by atoms with E-state index in [4.69, 9.17) is 5.11 Å². The number of carbonyl (C=O) groups is 3. The number of amides is 2. The Balaban J connectivity index is 2.41. The first-order chi connectivity index (χ1) is 10.8. The number of hydrogen-bond donors (Lipinski definition) is 2. The highest BCUT2D eigenvalue weighted by Gasteiger charge is 2.12. The molecule has 1 rings (SSSR count). The molecule has 6 heteroatoms. The van der Waals surface area contributed by atoms with E-state index in [0.29, 0.717) is 18.9 Å². The largest absolute Gasteiger partial charge is 0.478 e. The lowest BCUT2D eigenvalue weighted by atomic mass is 10.1. The molecule has 2 amide bonds. The molecule has 0 unspecified atom stereocenters. The Hall–Kier alpha value is -2.37. The maximum atomic E-state index is 12.0. The molecule has 0 aromatic heterocycles. The summed E-state index contributed by atoms with van der Waals surface area (Å²) in [6.45, 7) is 4.42. The van der Waals surface area contributed by atoms with Crippen molar-refractivity contribution < 1.29 is 19.5 Å². The number of nitrogens with one attached hydrogen (secondary N) is 1. The van der Waals surface area contributed by atoms with E-state index in [2.05, 4.69) is 5.32 Å². The predicted octanol–water partition coefficient (Wildman–Crippen LogP) is 1.90. The summed E-state index contributed by atoms with van der Waals surface area (Å²) in [5.41, 5.74) is 1.04. The van der Waals surface area contributed by atoms with Crippen molar-refractivity contribution in [2.24, 2.45) is 5.92 Å². The molecule has 23 heavy (non-hydrogen) atoms.